The number of nitrogens with zero attached hydrogens (tertiary/aromatic N) is 1. The Balaban J connectivity index is 2.79. The average molecular weight is 224 g/mol. The van der Waals surface area contributed by atoms with E-state index in [4.69, 9.17) is 5.73 Å². The van der Waals surface area contributed by atoms with E-state index in [1.807, 2.05) is 13.8 Å². The molecule has 1 aromatic rings. The molecular weight excluding hydrogens is 207 g/mol. The van der Waals surface area contributed by atoms with Crippen LogP contribution in [0.2, 0.25) is 0 Å². The quantitative estimate of drug-likeness (QED) is 0.842. The fraction of sp³-hybridized carbons (Fsp3) is 0.417. The maximum Gasteiger partial charge on any atom is 0.236 e. The highest BCUT2D eigenvalue weighted by Crippen LogP contribution is 2.10. The number of rotatable bonds is 4. The summed E-state index contributed by atoms with van der Waals surface area (Å²) in [5, 5.41) is 0. The zero-order valence-corrected chi connectivity index (χ0v) is 9.61. The van der Waals surface area contributed by atoms with Gasteiger partial charge in [0.15, 0.2) is 0 Å². The number of hydrogen-bond acceptors (Lipinski definition) is 2. The van der Waals surface area contributed by atoms with E-state index < -0.39 is 0 Å². The Kier molecular flexibility index (Phi) is 4.43. The molecular formula is C12H17FN2O. The van der Waals surface area contributed by atoms with Crippen molar-refractivity contribution in [2.45, 2.75) is 26.4 Å². The fourth-order valence-electron chi connectivity index (χ4n) is 1.51. The second-order valence-corrected chi connectivity index (χ2v) is 3.95. The number of halogens is 1. The Morgan fingerprint density at radius 1 is 1.50 bits per heavy atom. The second-order valence-electron chi connectivity index (χ2n) is 3.95. The molecule has 0 bridgehead atoms. The summed E-state index contributed by atoms with van der Waals surface area (Å²) in [5.41, 5.74) is 6.10. The van der Waals surface area contributed by atoms with Crippen LogP contribution in [-0.4, -0.2) is 23.4 Å². The van der Waals surface area contributed by atoms with E-state index >= 15 is 0 Å². The topological polar surface area (TPSA) is 46.3 Å². The molecule has 1 aromatic carbocycles. The van der Waals surface area contributed by atoms with Crippen LogP contribution in [0.5, 0.6) is 0 Å². The normalized spacial score (nSPS) is 10.6. The molecule has 0 aliphatic rings. The second kappa shape index (κ2) is 5.61. The average Bonchev–Trinajstić information content (AvgIpc) is 2.24. The van der Waals surface area contributed by atoms with E-state index in [0.717, 1.165) is 5.56 Å². The van der Waals surface area contributed by atoms with Gasteiger partial charge in [-0.1, -0.05) is 12.1 Å². The third kappa shape index (κ3) is 3.31. The van der Waals surface area contributed by atoms with Crippen molar-refractivity contribution >= 4 is 5.91 Å². The summed E-state index contributed by atoms with van der Waals surface area (Å²) in [5.74, 6) is -0.416. The fourth-order valence-corrected chi connectivity index (χ4v) is 1.51. The third-order valence-electron chi connectivity index (χ3n) is 2.36. The molecule has 0 unspecified atom stereocenters. The molecule has 0 atom stereocenters. The lowest BCUT2D eigenvalue weighted by Gasteiger charge is -2.26. The Morgan fingerprint density at radius 2 is 2.19 bits per heavy atom. The van der Waals surface area contributed by atoms with Crippen LogP contribution in [-0.2, 0) is 11.3 Å². The van der Waals surface area contributed by atoms with Crippen LogP contribution in [0.25, 0.3) is 0 Å². The molecule has 0 radical (unpaired) electrons. The molecule has 0 saturated heterocycles. The minimum atomic E-state index is -0.290. The van der Waals surface area contributed by atoms with Gasteiger partial charge in [0.1, 0.15) is 5.82 Å². The molecule has 0 saturated carbocycles. The highest BCUT2D eigenvalue weighted by molar-refractivity contribution is 5.78. The number of carbonyl (C=O) groups is 1. The van der Waals surface area contributed by atoms with Crippen LogP contribution in [0.4, 0.5) is 4.39 Å². The molecule has 0 spiro atoms. The number of amides is 1. The van der Waals surface area contributed by atoms with Gasteiger partial charge in [0.2, 0.25) is 5.91 Å². The van der Waals surface area contributed by atoms with Gasteiger partial charge in [-0.15, -0.1) is 0 Å². The zero-order valence-electron chi connectivity index (χ0n) is 9.61. The number of nitrogens with two attached hydrogens (primary N) is 1. The summed E-state index contributed by atoms with van der Waals surface area (Å²) in [6.45, 7) is 4.19. The first kappa shape index (κ1) is 12.6. The smallest absolute Gasteiger partial charge is 0.236 e. The third-order valence-corrected chi connectivity index (χ3v) is 2.36. The van der Waals surface area contributed by atoms with Crippen LogP contribution in [0.15, 0.2) is 24.3 Å². The molecule has 2 N–H and O–H groups in total. The standard InChI is InChI=1S/C12H17FN2O/c1-9(2)15(12(16)7-14)8-10-4-3-5-11(13)6-10/h3-6,9H,7-8,14H2,1-2H3. The van der Waals surface area contributed by atoms with Crippen molar-refractivity contribution in [3.63, 3.8) is 0 Å². The van der Waals surface area contributed by atoms with E-state index in [2.05, 4.69) is 0 Å². The highest BCUT2D eigenvalue weighted by atomic mass is 19.1. The van der Waals surface area contributed by atoms with Crippen LogP contribution in [0, 0.1) is 5.82 Å². The van der Waals surface area contributed by atoms with Crippen molar-refractivity contribution in [2.75, 3.05) is 6.54 Å². The molecule has 16 heavy (non-hydrogen) atoms. The molecule has 0 aromatic heterocycles. The van der Waals surface area contributed by atoms with Crippen molar-refractivity contribution < 1.29 is 9.18 Å². The maximum atomic E-state index is 13.0. The van der Waals surface area contributed by atoms with Gasteiger partial charge in [-0.05, 0) is 31.5 Å². The zero-order chi connectivity index (χ0) is 12.1. The minimum Gasteiger partial charge on any atom is -0.335 e. The van der Waals surface area contributed by atoms with Gasteiger partial charge in [0, 0.05) is 12.6 Å². The summed E-state index contributed by atoms with van der Waals surface area (Å²) in [4.78, 5) is 13.2. The van der Waals surface area contributed by atoms with Crippen LogP contribution < -0.4 is 5.73 Å². The van der Waals surface area contributed by atoms with E-state index in [1.54, 1.807) is 17.0 Å². The van der Waals surface area contributed by atoms with Crippen molar-refractivity contribution in [3.8, 4) is 0 Å². The van der Waals surface area contributed by atoms with Crippen LogP contribution >= 0.6 is 0 Å². The first-order valence-corrected chi connectivity index (χ1v) is 5.28. The van der Waals surface area contributed by atoms with E-state index in [9.17, 15) is 9.18 Å². The maximum absolute atomic E-state index is 13.0. The summed E-state index contributed by atoms with van der Waals surface area (Å²) in [6.07, 6.45) is 0. The lowest BCUT2D eigenvalue weighted by Crippen LogP contribution is -2.40. The summed E-state index contributed by atoms with van der Waals surface area (Å²) in [7, 11) is 0. The van der Waals surface area contributed by atoms with Gasteiger partial charge in [0.05, 0.1) is 6.54 Å². The van der Waals surface area contributed by atoms with Crippen molar-refractivity contribution in [1.29, 1.82) is 0 Å². The molecule has 1 rings (SSSR count). The van der Waals surface area contributed by atoms with E-state index in [-0.39, 0.29) is 24.3 Å². The first-order valence-electron chi connectivity index (χ1n) is 5.28. The molecule has 1 amide bonds. The SMILES string of the molecule is CC(C)N(Cc1cccc(F)c1)C(=O)CN. The monoisotopic (exact) mass is 224 g/mol. The molecule has 88 valence electrons. The molecule has 0 fully saturated rings. The number of hydrogen-bond donors (Lipinski definition) is 1. The minimum absolute atomic E-state index is 0.0203. The molecule has 3 nitrogen and oxygen atoms in total. The van der Waals surface area contributed by atoms with Crippen molar-refractivity contribution in [3.05, 3.63) is 35.6 Å². The Labute approximate surface area is 95.0 Å². The van der Waals surface area contributed by atoms with Gasteiger partial charge < -0.3 is 10.6 Å². The van der Waals surface area contributed by atoms with Gasteiger partial charge in [-0.25, -0.2) is 4.39 Å². The number of carbonyl (C=O) groups excluding carboxylic acids is 1. The Bertz CT molecular complexity index is 366. The van der Waals surface area contributed by atoms with Gasteiger partial charge in [-0.3, -0.25) is 4.79 Å². The molecule has 0 aliphatic heterocycles. The Hall–Kier alpha value is -1.42. The number of benzene rings is 1. The van der Waals surface area contributed by atoms with Crippen molar-refractivity contribution in [1.82, 2.24) is 4.90 Å². The molecule has 0 aliphatic carbocycles. The largest absolute Gasteiger partial charge is 0.335 e. The van der Waals surface area contributed by atoms with Crippen molar-refractivity contribution in [2.24, 2.45) is 5.73 Å². The molecule has 0 heterocycles. The lowest BCUT2D eigenvalue weighted by atomic mass is 10.2. The van der Waals surface area contributed by atoms with E-state index in [1.165, 1.54) is 12.1 Å². The van der Waals surface area contributed by atoms with Crippen LogP contribution in [0.1, 0.15) is 19.4 Å². The summed E-state index contributed by atoms with van der Waals surface area (Å²) in [6, 6.07) is 6.30. The first-order chi connectivity index (χ1) is 7.54. The van der Waals surface area contributed by atoms with Gasteiger partial charge in [0.25, 0.3) is 0 Å². The summed E-state index contributed by atoms with van der Waals surface area (Å²) < 4.78 is 13.0. The molecule has 4 heteroatoms. The summed E-state index contributed by atoms with van der Waals surface area (Å²) >= 11 is 0. The lowest BCUT2D eigenvalue weighted by molar-refractivity contribution is -0.132. The Morgan fingerprint density at radius 3 is 2.69 bits per heavy atom. The van der Waals surface area contributed by atoms with Gasteiger partial charge in [-0.2, -0.15) is 0 Å². The van der Waals surface area contributed by atoms with E-state index in [0.29, 0.717) is 6.54 Å². The predicted molar refractivity (Wildman–Crippen MR) is 61.1 cm³/mol. The van der Waals surface area contributed by atoms with Gasteiger partial charge >= 0.3 is 0 Å². The predicted octanol–water partition coefficient (Wildman–Crippen LogP) is 1.52. The highest BCUT2D eigenvalue weighted by Gasteiger charge is 2.15. The van der Waals surface area contributed by atoms with Crippen LogP contribution in [0.3, 0.4) is 0 Å².